The van der Waals surface area contributed by atoms with Gasteiger partial charge in [-0.1, -0.05) is 0 Å². The molecule has 1 aliphatic rings. The number of imidazole rings is 1. The Morgan fingerprint density at radius 3 is 2.86 bits per heavy atom. The Morgan fingerprint density at radius 2 is 2.14 bits per heavy atom. The number of carbonyl (C=O) groups is 1. The summed E-state index contributed by atoms with van der Waals surface area (Å²) >= 11 is 0. The van der Waals surface area contributed by atoms with Crippen molar-refractivity contribution in [2.45, 2.75) is 19.0 Å². The van der Waals surface area contributed by atoms with E-state index in [1.807, 2.05) is 4.57 Å². The minimum Gasteiger partial charge on any atom is -0.480 e. The lowest BCUT2D eigenvalue weighted by Crippen LogP contribution is -2.37. The molecule has 29 heavy (non-hydrogen) atoms. The normalized spacial score (nSPS) is 18.0. The molecule has 1 atom stereocenters. The van der Waals surface area contributed by atoms with Crippen LogP contribution in [-0.2, 0) is 12.1 Å². The topological polar surface area (TPSA) is 120 Å². The van der Waals surface area contributed by atoms with Crippen molar-refractivity contribution >= 4 is 17.4 Å². The second kappa shape index (κ2) is 6.97. The molecule has 1 aliphatic heterocycles. The smallest absolute Gasteiger partial charge is 0.275 e. The minimum atomic E-state index is -0.956. The van der Waals surface area contributed by atoms with E-state index in [0.29, 0.717) is 29.5 Å². The van der Waals surface area contributed by atoms with E-state index in [2.05, 4.69) is 25.3 Å². The fourth-order valence-electron chi connectivity index (χ4n) is 3.25. The summed E-state index contributed by atoms with van der Waals surface area (Å²) in [6, 6.07) is 4.30. The van der Waals surface area contributed by atoms with Crippen LogP contribution in [0.25, 0.3) is 0 Å². The average Bonchev–Trinajstić information content (AvgIpc) is 3.18. The van der Waals surface area contributed by atoms with Gasteiger partial charge in [-0.25, -0.2) is 19.3 Å². The quantitative estimate of drug-likeness (QED) is 0.694. The van der Waals surface area contributed by atoms with Gasteiger partial charge < -0.3 is 20.4 Å². The first-order valence-corrected chi connectivity index (χ1v) is 8.74. The number of hydrogen-bond donors (Lipinski definition) is 2. The van der Waals surface area contributed by atoms with Crippen LogP contribution >= 0.6 is 0 Å². The molecule has 10 heteroatoms. The first kappa shape index (κ1) is 18.5. The predicted octanol–water partition coefficient (Wildman–Crippen LogP) is 1.71. The maximum Gasteiger partial charge on any atom is 0.275 e. The number of fused-ring (bicyclic) bond motifs is 1. The lowest BCUT2D eigenvalue weighted by molar-refractivity contribution is 0.102. The van der Waals surface area contributed by atoms with Crippen molar-refractivity contribution in [2.75, 3.05) is 12.4 Å². The molecule has 0 unspecified atom stereocenters. The molecule has 1 aromatic carbocycles. The molecule has 0 saturated carbocycles. The van der Waals surface area contributed by atoms with Crippen molar-refractivity contribution in [1.29, 1.82) is 0 Å². The SMILES string of the molecule is COc1cnc(C(=O)Nc2ccc(F)c([C@]3(C)Cn4ccnc4C(N)=N3)c2)cn1. The van der Waals surface area contributed by atoms with Crippen LogP contribution in [0.2, 0.25) is 0 Å². The third kappa shape index (κ3) is 3.40. The molecule has 1 amide bonds. The largest absolute Gasteiger partial charge is 0.480 e. The predicted molar refractivity (Wildman–Crippen MR) is 103 cm³/mol. The van der Waals surface area contributed by atoms with Crippen LogP contribution in [0.1, 0.15) is 28.8 Å². The number of nitrogens with two attached hydrogens (primary N) is 1. The lowest BCUT2D eigenvalue weighted by atomic mass is 9.90. The fourth-order valence-corrected chi connectivity index (χ4v) is 3.25. The summed E-state index contributed by atoms with van der Waals surface area (Å²) in [6.45, 7) is 2.14. The summed E-state index contributed by atoms with van der Waals surface area (Å²) in [5.41, 5.74) is 5.87. The van der Waals surface area contributed by atoms with Gasteiger partial charge in [0.25, 0.3) is 5.91 Å². The number of halogens is 1. The fraction of sp³-hybridized carbons (Fsp3) is 0.211. The molecule has 148 valence electrons. The molecule has 0 bridgehead atoms. The van der Waals surface area contributed by atoms with E-state index in [9.17, 15) is 9.18 Å². The maximum atomic E-state index is 14.7. The zero-order valence-corrected chi connectivity index (χ0v) is 15.8. The molecule has 0 radical (unpaired) electrons. The average molecular weight is 395 g/mol. The van der Waals surface area contributed by atoms with E-state index >= 15 is 0 Å². The number of aliphatic imine (C=N–C) groups is 1. The molecule has 3 aromatic rings. The number of aromatic nitrogens is 4. The van der Waals surface area contributed by atoms with Crippen LogP contribution in [-0.4, -0.2) is 38.4 Å². The molecule has 2 aromatic heterocycles. The van der Waals surface area contributed by atoms with Crippen LogP contribution in [0, 0.1) is 5.82 Å². The van der Waals surface area contributed by atoms with E-state index in [1.54, 1.807) is 25.4 Å². The molecule has 4 rings (SSSR count). The van der Waals surface area contributed by atoms with Crippen LogP contribution < -0.4 is 15.8 Å². The van der Waals surface area contributed by atoms with Gasteiger partial charge in [0, 0.05) is 23.6 Å². The number of amidine groups is 1. The Labute approximate surface area is 165 Å². The van der Waals surface area contributed by atoms with Gasteiger partial charge in [-0.15, -0.1) is 0 Å². The third-order valence-electron chi connectivity index (χ3n) is 4.66. The highest BCUT2D eigenvalue weighted by Gasteiger charge is 2.35. The van der Waals surface area contributed by atoms with Crippen molar-refractivity contribution in [3.8, 4) is 5.88 Å². The second-order valence-corrected chi connectivity index (χ2v) is 6.74. The summed E-state index contributed by atoms with van der Waals surface area (Å²) < 4.78 is 21.4. The number of amides is 1. The minimum absolute atomic E-state index is 0.103. The number of methoxy groups -OCH3 is 1. The van der Waals surface area contributed by atoms with Crippen LogP contribution in [0.5, 0.6) is 5.88 Å². The molecular weight excluding hydrogens is 377 g/mol. The van der Waals surface area contributed by atoms with Gasteiger partial charge in [-0.2, -0.15) is 0 Å². The Bertz CT molecular complexity index is 1110. The number of nitrogens with one attached hydrogen (secondary N) is 1. The Kier molecular flexibility index (Phi) is 4.45. The van der Waals surface area contributed by atoms with E-state index in [4.69, 9.17) is 10.5 Å². The van der Waals surface area contributed by atoms with Crippen molar-refractivity contribution in [3.05, 3.63) is 65.9 Å². The molecule has 0 spiro atoms. The van der Waals surface area contributed by atoms with Crippen molar-refractivity contribution in [1.82, 2.24) is 19.5 Å². The molecular formula is C19H18FN7O2. The Morgan fingerprint density at radius 1 is 1.31 bits per heavy atom. The molecule has 3 heterocycles. The van der Waals surface area contributed by atoms with Gasteiger partial charge in [0.15, 0.2) is 11.7 Å². The van der Waals surface area contributed by atoms with Gasteiger partial charge in [-0.3, -0.25) is 9.79 Å². The summed E-state index contributed by atoms with van der Waals surface area (Å²) in [7, 11) is 1.46. The summed E-state index contributed by atoms with van der Waals surface area (Å²) in [5.74, 6) is 0.142. The van der Waals surface area contributed by atoms with Gasteiger partial charge in [-0.05, 0) is 25.1 Å². The standard InChI is InChI=1S/C19H18FN7O2/c1-19(10-27-6-5-22-17(27)16(21)26-19)12-7-11(3-4-13(12)20)25-18(28)14-8-24-15(29-2)9-23-14/h3-9H,10H2,1-2H3,(H2,21,26)(H,25,28)/t19-/m0/s1. The Hall–Kier alpha value is -3.82. The monoisotopic (exact) mass is 395 g/mol. The van der Waals surface area contributed by atoms with Gasteiger partial charge >= 0.3 is 0 Å². The Balaban J connectivity index is 1.62. The zero-order valence-electron chi connectivity index (χ0n) is 15.8. The van der Waals surface area contributed by atoms with E-state index in [0.717, 1.165) is 0 Å². The van der Waals surface area contributed by atoms with Crippen molar-refractivity contribution < 1.29 is 13.9 Å². The number of nitrogens with zero attached hydrogens (tertiary/aromatic N) is 5. The van der Waals surface area contributed by atoms with Gasteiger partial charge in [0.1, 0.15) is 17.1 Å². The highest BCUT2D eigenvalue weighted by molar-refractivity contribution is 6.02. The van der Waals surface area contributed by atoms with Crippen molar-refractivity contribution in [2.24, 2.45) is 10.7 Å². The summed E-state index contributed by atoms with van der Waals surface area (Å²) in [4.78, 5) is 29.0. The molecule has 3 N–H and O–H groups in total. The number of anilines is 1. The first-order valence-electron chi connectivity index (χ1n) is 8.74. The number of hydrogen-bond acceptors (Lipinski definition) is 7. The van der Waals surface area contributed by atoms with Crippen LogP contribution in [0.3, 0.4) is 0 Å². The first-order chi connectivity index (χ1) is 13.9. The molecule has 9 nitrogen and oxygen atoms in total. The van der Waals surface area contributed by atoms with E-state index in [-0.39, 0.29) is 11.5 Å². The number of benzene rings is 1. The molecule has 0 fully saturated rings. The highest BCUT2D eigenvalue weighted by Crippen LogP contribution is 2.34. The van der Waals surface area contributed by atoms with Crippen molar-refractivity contribution in [3.63, 3.8) is 0 Å². The molecule has 0 aliphatic carbocycles. The second-order valence-electron chi connectivity index (χ2n) is 6.74. The van der Waals surface area contributed by atoms with Crippen LogP contribution in [0.4, 0.5) is 10.1 Å². The summed E-state index contributed by atoms with van der Waals surface area (Å²) in [6.07, 6.45) is 6.02. The number of carbonyl (C=O) groups excluding carboxylic acids is 1. The third-order valence-corrected chi connectivity index (χ3v) is 4.66. The van der Waals surface area contributed by atoms with Crippen LogP contribution in [0.15, 0.2) is 48.0 Å². The summed E-state index contributed by atoms with van der Waals surface area (Å²) in [5, 5.41) is 2.70. The number of ether oxygens (including phenoxy) is 1. The maximum absolute atomic E-state index is 14.7. The van der Waals surface area contributed by atoms with E-state index < -0.39 is 17.3 Å². The zero-order chi connectivity index (χ0) is 20.6. The highest BCUT2D eigenvalue weighted by atomic mass is 19.1. The van der Waals surface area contributed by atoms with Gasteiger partial charge in [0.05, 0.1) is 26.0 Å². The lowest BCUT2D eigenvalue weighted by Gasteiger charge is -2.31. The molecule has 0 saturated heterocycles. The van der Waals surface area contributed by atoms with Gasteiger partial charge in [0.2, 0.25) is 5.88 Å². The van der Waals surface area contributed by atoms with E-state index in [1.165, 1.54) is 31.6 Å². The number of rotatable bonds is 4.